The van der Waals surface area contributed by atoms with E-state index in [2.05, 4.69) is 9.78 Å². The Labute approximate surface area is 119 Å². The van der Waals surface area contributed by atoms with Gasteiger partial charge in [-0.2, -0.15) is 0 Å². The van der Waals surface area contributed by atoms with Crippen LogP contribution in [0.1, 0.15) is 37.5 Å². The molecule has 3 N–H and O–H groups in total. The van der Waals surface area contributed by atoms with Crippen molar-refractivity contribution in [1.29, 1.82) is 0 Å². The van der Waals surface area contributed by atoms with Gasteiger partial charge in [-0.25, -0.2) is 9.78 Å². The molecule has 0 amide bonds. The summed E-state index contributed by atoms with van der Waals surface area (Å²) in [6.45, 7) is 5.30. The highest BCUT2D eigenvalue weighted by Gasteiger charge is 2.10. The summed E-state index contributed by atoms with van der Waals surface area (Å²) in [6, 6.07) is 5.99. The van der Waals surface area contributed by atoms with Crippen LogP contribution in [0.3, 0.4) is 0 Å². The molecule has 0 aliphatic carbocycles. The van der Waals surface area contributed by atoms with Gasteiger partial charge in [-0.3, -0.25) is 10.5 Å². The van der Waals surface area contributed by atoms with E-state index in [0.29, 0.717) is 19.3 Å². The number of aliphatic hydroxyl groups excluding tert-OH is 1. The van der Waals surface area contributed by atoms with Crippen LogP contribution in [0.5, 0.6) is 0 Å². The highest BCUT2D eigenvalue weighted by atomic mass is 17.1. The molecule has 1 rings (SSSR count). The maximum atomic E-state index is 9.51. The summed E-state index contributed by atoms with van der Waals surface area (Å²) in [7, 11) is 0. The lowest BCUT2D eigenvalue weighted by Crippen LogP contribution is -2.13. The van der Waals surface area contributed by atoms with Gasteiger partial charge in [0.15, 0.2) is 0 Å². The lowest BCUT2D eigenvalue weighted by Gasteiger charge is -2.14. The van der Waals surface area contributed by atoms with Gasteiger partial charge in [0.25, 0.3) is 0 Å². The van der Waals surface area contributed by atoms with Crippen molar-refractivity contribution in [1.82, 2.24) is 0 Å². The van der Waals surface area contributed by atoms with Crippen molar-refractivity contribution in [3.63, 3.8) is 0 Å². The molecule has 0 radical (unpaired) electrons. The molecule has 0 saturated heterocycles. The van der Waals surface area contributed by atoms with Crippen molar-refractivity contribution in [2.45, 2.75) is 58.3 Å². The molecular formula is C15H24O5. The van der Waals surface area contributed by atoms with E-state index in [9.17, 15) is 5.11 Å². The largest absolute Gasteiger partial charge is 0.393 e. The molecule has 5 nitrogen and oxygen atoms in total. The molecule has 0 aliphatic rings. The molecule has 0 spiro atoms. The van der Waals surface area contributed by atoms with Gasteiger partial charge in [-0.15, -0.1) is 0 Å². The third kappa shape index (κ3) is 5.98. The quantitative estimate of drug-likeness (QED) is 0.505. The molecule has 3 atom stereocenters. The first-order valence-electron chi connectivity index (χ1n) is 6.84. The van der Waals surface area contributed by atoms with Crippen LogP contribution in [0, 0.1) is 0 Å². The van der Waals surface area contributed by atoms with Gasteiger partial charge in [0, 0.05) is 12.8 Å². The van der Waals surface area contributed by atoms with E-state index in [1.54, 1.807) is 20.8 Å². The number of hydrogen-bond acceptors (Lipinski definition) is 5. The van der Waals surface area contributed by atoms with Gasteiger partial charge in [-0.1, -0.05) is 18.2 Å². The molecule has 1 aromatic rings. The zero-order valence-corrected chi connectivity index (χ0v) is 12.2. The molecule has 114 valence electrons. The Morgan fingerprint density at radius 2 is 1.15 bits per heavy atom. The first-order valence-corrected chi connectivity index (χ1v) is 6.84. The summed E-state index contributed by atoms with van der Waals surface area (Å²) in [4.78, 5) is 8.61. The summed E-state index contributed by atoms with van der Waals surface area (Å²) in [5, 5.41) is 26.9. The first-order chi connectivity index (χ1) is 9.44. The molecule has 0 saturated carbocycles. The van der Waals surface area contributed by atoms with Crippen molar-refractivity contribution in [2.75, 3.05) is 0 Å². The second kappa shape index (κ2) is 8.34. The topological polar surface area (TPSA) is 79.2 Å². The predicted octanol–water partition coefficient (Wildman–Crippen LogP) is 2.45. The average molecular weight is 284 g/mol. The summed E-state index contributed by atoms with van der Waals surface area (Å²) < 4.78 is 0. The summed E-state index contributed by atoms with van der Waals surface area (Å²) in [6.07, 6.45) is 0.698. The van der Waals surface area contributed by atoms with Crippen LogP contribution >= 0.6 is 0 Å². The third-order valence-corrected chi connectivity index (χ3v) is 3.05. The van der Waals surface area contributed by atoms with Crippen molar-refractivity contribution < 1.29 is 25.4 Å². The molecule has 0 heterocycles. The molecule has 5 heteroatoms. The van der Waals surface area contributed by atoms with E-state index in [1.165, 1.54) is 0 Å². The molecule has 0 bridgehead atoms. The van der Waals surface area contributed by atoms with Crippen molar-refractivity contribution in [3.05, 3.63) is 34.9 Å². The monoisotopic (exact) mass is 284 g/mol. The van der Waals surface area contributed by atoms with Crippen LogP contribution in [-0.4, -0.2) is 33.9 Å². The Balaban J connectivity index is 2.94. The van der Waals surface area contributed by atoms with Gasteiger partial charge in [0.1, 0.15) is 0 Å². The Morgan fingerprint density at radius 1 is 0.800 bits per heavy atom. The van der Waals surface area contributed by atoms with Crippen LogP contribution in [0.2, 0.25) is 0 Å². The maximum absolute atomic E-state index is 9.51. The van der Waals surface area contributed by atoms with Crippen molar-refractivity contribution >= 4 is 0 Å². The molecular weight excluding hydrogens is 260 g/mol. The van der Waals surface area contributed by atoms with Crippen LogP contribution in [0.25, 0.3) is 0 Å². The van der Waals surface area contributed by atoms with E-state index in [-0.39, 0.29) is 12.2 Å². The normalized spacial score (nSPS) is 15.9. The Hall–Kier alpha value is -0.980. The minimum Gasteiger partial charge on any atom is -0.393 e. The average Bonchev–Trinajstić information content (AvgIpc) is 2.37. The maximum Gasteiger partial charge on any atom is 0.0939 e. The third-order valence-electron chi connectivity index (χ3n) is 3.05. The van der Waals surface area contributed by atoms with Crippen LogP contribution in [-0.2, 0) is 29.0 Å². The molecule has 20 heavy (non-hydrogen) atoms. The number of hydrogen-bond donors (Lipinski definition) is 3. The predicted molar refractivity (Wildman–Crippen MR) is 75.6 cm³/mol. The van der Waals surface area contributed by atoms with Crippen LogP contribution in [0.4, 0.5) is 0 Å². The lowest BCUT2D eigenvalue weighted by atomic mass is 9.96. The number of benzene rings is 1. The van der Waals surface area contributed by atoms with Crippen LogP contribution in [0.15, 0.2) is 18.2 Å². The SMILES string of the molecule is CC(O)Cc1cc(CC(C)OO)cc(CC(C)OO)c1. The van der Waals surface area contributed by atoms with Crippen molar-refractivity contribution in [3.8, 4) is 0 Å². The Morgan fingerprint density at radius 3 is 1.45 bits per heavy atom. The summed E-state index contributed by atoms with van der Waals surface area (Å²) >= 11 is 0. The molecule has 0 fully saturated rings. The molecule has 3 unspecified atom stereocenters. The minimum absolute atomic E-state index is 0.295. The zero-order valence-electron chi connectivity index (χ0n) is 12.2. The minimum atomic E-state index is -0.420. The molecule has 0 aromatic heterocycles. The smallest absolute Gasteiger partial charge is 0.0939 e. The van der Waals surface area contributed by atoms with E-state index < -0.39 is 6.10 Å². The standard InChI is InChI=1S/C15H24O5/c1-10(16)4-13-7-14(5-11(2)19-17)9-15(8-13)6-12(3)20-18/h7-12,16-18H,4-6H2,1-3H3. The summed E-state index contributed by atoms with van der Waals surface area (Å²) in [5.74, 6) is 0. The van der Waals surface area contributed by atoms with E-state index in [4.69, 9.17) is 10.5 Å². The van der Waals surface area contributed by atoms with Gasteiger partial charge in [0.05, 0.1) is 18.3 Å². The van der Waals surface area contributed by atoms with Gasteiger partial charge in [0.2, 0.25) is 0 Å². The van der Waals surface area contributed by atoms with E-state index >= 15 is 0 Å². The van der Waals surface area contributed by atoms with Gasteiger partial charge in [-0.05, 0) is 43.9 Å². The first kappa shape index (κ1) is 17.1. The van der Waals surface area contributed by atoms with Gasteiger partial charge >= 0.3 is 0 Å². The molecule has 0 aliphatic heterocycles. The second-order valence-corrected chi connectivity index (χ2v) is 5.45. The number of rotatable bonds is 8. The Bertz CT molecular complexity index is 375. The highest BCUT2D eigenvalue weighted by Crippen LogP contribution is 2.17. The van der Waals surface area contributed by atoms with Gasteiger partial charge < -0.3 is 5.11 Å². The fourth-order valence-electron chi connectivity index (χ4n) is 2.27. The fourth-order valence-corrected chi connectivity index (χ4v) is 2.27. The van der Waals surface area contributed by atoms with Crippen LogP contribution < -0.4 is 0 Å². The molecule has 1 aromatic carbocycles. The summed E-state index contributed by atoms with van der Waals surface area (Å²) in [5.41, 5.74) is 3.05. The van der Waals surface area contributed by atoms with E-state index in [0.717, 1.165) is 16.7 Å². The van der Waals surface area contributed by atoms with E-state index in [1.807, 2.05) is 18.2 Å². The van der Waals surface area contributed by atoms with Crippen molar-refractivity contribution in [2.24, 2.45) is 0 Å². The lowest BCUT2D eigenvalue weighted by molar-refractivity contribution is -0.273. The second-order valence-electron chi connectivity index (χ2n) is 5.45. The fraction of sp³-hybridized carbons (Fsp3) is 0.600. The zero-order chi connectivity index (χ0) is 15.1. The number of aliphatic hydroxyl groups is 1. The Kier molecular flexibility index (Phi) is 7.12. The highest BCUT2D eigenvalue weighted by molar-refractivity contribution is 5.31.